The van der Waals surface area contributed by atoms with Crippen LogP contribution in [0.25, 0.3) is 22.3 Å². The average Bonchev–Trinajstić information content (AvgIpc) is 2.72. The van der Waals surface area contributed by atoms with Gasteiger partial charge in [-0.1, -0.05) is 56.3 Å². The van der Waals surface area contributed by atoms with Crippen LogP contribution in [0.3, 0.4) is 0 Å². The Balaban J connectivity index is 2.53. The first-order valence-corrected chi connectivity index (χ1v) is 9.71. The minimum Gasteiger partial charge on any atom is -0.478 e. The molecule has 0 heterocycles. The predicted molar refractivity (Wildman–Crippen MR) is 115 cm³/mol. The Kier molecular flexibility index (Phi) is 5.83. The Morgan fingerprint density at radius 2 is 1.24 bits per heavy atom. The van der Waals surface area contributed by atoms with Crippen LogP contribution in [0, 0.1) is 6.92 Å². The molecule has 0 aromatic heterocycles. The molecular weight excluding hydrogens is 364 g/mol. The van der Waals surface area contributed by atoms with Crippen molar-refractivity contribution >= 4 is 11.9 Å². The van der Waals surface area contributed by atoms with Crippen LogP contribution in [0.5, 0.6) is 0 Å². The summed E-state index contributed by atoms with van der Waals surface area (Å²) >= 11 is 0. The first-order valence-electron chi connectivity index (χ1n) is 9.71. The van der Waals surface area contributed by atoms with E-state index in [2.05, 4.69) is 13.0 Å². The Labute approximate surface area is 170 Å². The summed E-state index contributed by atoms with van der Waals surface area (Å²) in [5.41, 5.74) is 6.37. The summed E-state index contributed by atoms with van der Waals surface area (Å²) in [5, 5.41) is 19.6. The average molecular weight is 388 g/mol. The molecular formula is C25H24O4. The Morgan fingerprint density at radius 3 is 1.69 bits per heavy atom. The number of carboxylic acids is 2. The predicted octanol–water partition coefficient (Wildman–Crippen LogP) is 5.85. The summed E-state index contributed by atoms with van der Waals surface area (Å²) in [5.74, 6) is -2.00. The molecule has 0 spiro atoms. The molecule has 0 aliphatic carbocycles. The van der Waals surface area contributed by atoms with Crippen LogP contribution < -0.4 is 0 Å². The number of rotatable bonds is 6. The molecule has 29 heavy (non-hydrogen) atoms. The van der Waals surface area contributed by atoms with Crippen molar-refractivity contribution in [3.63, 3.8) is 0 Å². The van der Waals surface area contributed by atoms with E-state index in [1.807, 2.05) is 32.0 Å². The van der Waals surface area contributed by atoms with E-state index in [0.717, 1.165) is 40.7 Å². The fraction of sp³-hybridized carbons (Fsp3) is 0.200. The van der Waals surface area contributed by atoms with Crippen LogP contribution >= 0.6 is 0 Å². The van der Waals surface area contributed by atoms with Crippen LogP contribution in [0.2, 0.25) is 0 Å². The quantitative estimate of drug-likeness (QED) is 0.555. The van der Waals surface area contributed by atoms with Gasteiger partial charge in [0, 0.05) is 0 Å². The summed E-state index contributed by atoms with van der Waals surface area (Å²) in [6, 6.07) is 15.9. The zero-order valence-electron chi connectivity index (χ0n) is 16.8. The summed E-state index contributed by atoms with van der Waals surface area (Å²) in [4.78, 5) is 23.9. The fourth-order valence-corrected chi connectivity index (χ4v) is 4.07. The highest BCUT2D eigenvalue weighted by Crippen LogP contribution is 2.42. The van der Waals surface area contributed by atoms with Crippen molar-refractivity contribution in [3.8, 4) is 22.3 Å². The van der Waals surface area contributed by atoms with Crippen molar-refractivity contribution in [2.24, 2.45) is 0 Å². The first kappa shape index (κ1) is 20.3. The second-order valence-corrected chi connectivity index (χ2v) is 6.99. The van der Waals surface area contributed by atoms with Crippen molar-refractivity contribution < 1.29 is 19.8 Å². The maximum Gasteiger partial charge on any atom is 0.336 e. The van der Waals surface area contributed by atoms with Crippen molar-refractivity contribution in [1.29, 1.82) is 0 Å². The second kappa shape index (κ2) is 8.31. The van der Waals surface area contributed by atoms with E-state index in [9.17, 15) is 19.8 Å². The lowest BCUT2D eigenvalue weighted by Gasteiger charge is -2.23. The molecule has 148 valence electrons. The van der Waals surface area contributed by atoms with Gasteiger partial charge in [0.25, 0.3) is 0 Å². The first-order chi connectivity index (χ1) is 13.9. The molecule has 0 unspecified atom stereocenters. The van der Waals surface area contributed by atoms with Gasteiger partial charge in [-0.15, -0.1) is 0 Å². The zero-order valence-corrected chi connectivity index (χ0v) is 16.8. The van der Waals surface area contributed by atoms with Gasteiger partial charge >= 0.3 is 11.9 Å². The van der Waals surface area contributed by atoms with Crippen LogP contribution in [-0.4, -0.2) is 22.2 Å². The minimum absolute atomic E-state index is 0.205. The third kappa shape index (κ3) is 3.66. The van der Waals surface area contributed by atoms with Gasteiger partial charge < -0.3 is 10.2 Å². The molecule has 0 fully saturated rings. The van der Waals surface area contributed by atoms with E-state index in [1.165, 1.54) is 0 Å². The molecule has 2 N–H and O–H groups in total. The normalized spacial score (nSPS) is 10.7. The Hall–Kier alpha value is -3.40. The molecule has 0 bridgehead atoms. The lowest BCUT2D eigenvalue weighted by atomic mass is 9.81. The molecule has 4 heteroatoms. The number of aryl methyl sites for hydroxylation is 2. The van der Waals surface area contributed by atoms with Gasteiger partial charge in [0.15, 0.2) is 0 Å². The van der Waals surface area contributed by atoms with E-state index in [-0.39, 0.29) is 11.1 Å². The van der Waals surface area contributed by atoms with Crippen LogP contribution in [-0.2, 0) is 12.8 Å². The molecule has 0 radical (unpaired) electrons. The van der Waals surface area contributed by atoms with Gasteiger partial charge in [-0.3, -0.25) is 0 Å². The lowest BCUT2D eigenvalue weighted by molar-refractivity contribution is 0.0686. The number of aromatic carboxylic acids is 2. The molecule has 3 rings (SSSR count). The minimum atomic E-state index is -1.00. The Bertz CT molecular complexity index is 1100. The molecule has 0 saturated heterocycles. The number of benzene rings is 3. The van der Waals surface area contributed by atoms with Crippen molar-refractivity contribution in [1.82, 2.24) is 0 Å². The smallest absolute Gasteiger partial charge is 0.336 e. The molecule has 0 saturated carbocycles. The van der Waals surface area contributed by atoms with Gasteiger partial charge in [-0.25, -0.2) is 9.59 Å². The molecule has 3 aromatic carbocycles. The van der Waals surface area contributed by atoms with Crippen LogP contribution in [0.15, 0.2) is 54.6 Å². The number of carboxylic acid groups (broad SMARTS) is 2. The maximum absolute atomic E-state index is 12.0. The van der Waals surface area contributed by atoms with Crippen molar-refractivity contribution in [2.75, 3.05) is 0 Å². The summed E-state index contributed by atoms with van der Waals surface area (Å²) in [6.45, 7) is 6.08. The summed E-state index contributed by atoms with van der Waals surface area (Å²) < 4.78 is 0. The van der Waals surface area contributed by atoms with E-state index in [4.69, 9.17) is 0 Å². The second-order valence-electron chi connectivity index (χ2n) is 6.99. The van der Waals surface area contributed by atoms with Gasteiger partial charge in [0.2, 0.25) is 0 Å². The zero-order chi connectivity index (χ0) is 21.1. The third-order valence-electron chi connectivity index (χ3n) is 5.31. The SMILES string of the molecule is CCc1cc(C)c(-c2ccccc2C(=O)O)c(-c2ccccc2C(=O)O)c1CC. The largest absolute Gasteiger partial charge is 0.478 e. The molecule has 3 aromatic rings. The van der Waals surface area contributed by atoms with Crippen LogP contribution in [0.4, 0.5) is 0 Å². The molecule has 0 aliphatic rings. The van der Waals surface area contributed by atoms with Crippen molar-refractivity contribution in [3.05, 3.63) is 82.4 Å². The van der Waals surface area contributed by atoms with Crippen LogP contribution in [0.1, 0.15) is 51.3 Å². The highest BCUT2D eigenvalue weighted by molar-refractivity contribution is 6.04. The maximum atomic E-state index is 12.0. The molecule has 0 aliphatic heterocycles. The molecule has 4 nitrogen and oxygen atoms in total. The molecule has 0 atom stereocenters. The van der Waals surface area contributed by atoms with Crippen molar-refractivity contribution in [2.45, 2.75) is 33.6 Å². The Morgan fingerprint density at radius 1 is 0.759 bits per heavy atom. The van der Waals surface area contributed by atoms with Gasteiger partial charge in [-0.2, -0.15) is 0 Å². The lowest BCUT2D eigenvalue weighted by Crippen LogP contribution is -2.07. The molecule has 0 amide bonds. The fourth-order valence-electron chi connectivity index (χ4n) is 4.07. The van der Waals surface area contributed by atoms with E-state index in [1.54, 1.807) is 30.3 Å². The summed E-state index contributed by atoms with van der Waals surface area (Å²) in [7, 11) is 0. The van der Waals surface area contributed by atoms with Gasteiger partial charge in [0.05, 0.1) is 11.1 Å². The highest BCUT2D eigenvalue weighted by atomic mass is 16.4. The van der Waals surface area contributed by atoms with E-state index >= 15 is 0 Å². The summed E-state index contributed by atoms with van der Waals surface area (Å²) in [6.07, 6.45) is 1.53. The monoisotopic (exact) mass is 388 g/mol. The van der Waals surface area contributed by atoms with Gasteiger partial charge in [-0.05, 0) is 70.8 Å². The van der Waals surface area contributed by atoms with Gasteiger partial charge in [0.1, 0.15) is 0 Å². The van der Waals surface area contributed by atoms with E-state index in [0.29, 0.717) is 11.1 Å². The number of carbonyl (C=O) groups is 2. The topological polar surface area (TPSA) is 74.6 Å². The highest BCUT2D eigenvalue weighted by Gasteiger charge is 2.24. The standard InChI is InChI=1S/C25H24O4/c1-4-16-14-15(3)22(18-10-6-8-12-20(18)24(26)27)23(17(16)5-2)19-11-7-9-13-21(19)25(28)29/h6-14H,4-5H2,1-3H3,(H,26,27)(H,28,29). The number of hydrogen-bond acceptors (Lipinski definition) is 2. The third-order valence-corrected chi connectivity index (χ3v) is 5.31. The van der Waals surface area contributed by atoms with E-state index < -0.39 is 11.9 Å². The number of hydrogen-bond donors (Lipinski definition) is 2.